The van der Waals surface area contributed by atoms with E-state index in [1.165, 1.54) is 0 Å². The second-order valence-corrected chi connectivity index (χ2v) is 2.42. The first-order valence-electron chi connectivity index (χ1n) is 2.40. The minimum Gasteiger partial charge on any atom is -0.381 e. The molecule has 0 aromatic rings. The lowest BCUT2D eigenvalue weighted by atomic mass is 10.2. The predicted molar refractivity (Wildman–Crippen MR) is 42.4 cm³/mol. The summed E-state index contributed by atoms with van der Waals surface area (Å²) >= 11 is 0.819. The Morgan fingerprint density at radius 2 is 1.80 bits per heavy atom. The average Bonchev–Trinajstić information content (AvgIpc) is 1.93. The van der Waals surface area contributed by atoms with Crippen LogP contribution < -0.4 is 5.73 Å². The van der Waals surface area contributed by atoms with E-state index in [0.29, 0.717) is 0 Å². The smallest absolute Gasteiger partial charge is 0.159 e. The van der Waals surface area contributed by atoms with Crippen LogP contribution in [-0.4, -0.2) is 22.3 Å². The fraction of sp³-hybridized carbons (Fsp3) is 0. The van der Waals surface area contributed by atoms with Crippen LogP contribution in [0.2, 0.25) is 0 Å². The van der Waals surface area contributed by atoms with Gasteiger partial charge in [0, 0.05) is 11.9 Å². The SMILES string of the molecule is N=C1SN=C(N)C(=N)C1=N. The fourth-order valence-electron chi connectivity index (χ4n) is 0.428. The lowest BCUT2D eigenvalue weighted by Gasteiger charge is -2.08. The third-order valence-corrected chi connectivity index (χ3v) is 1.64. The van der Waals surface area contributed by atoms with Crippen molar-refractivity contribution in [2.45, 2.75) is 0 Å². The maximum Gasteiger partial charge on any atom is 0.159 e. The Hall–Kier alpha value is -1.17. The highest BCUT2D eigenvalue weighted by Gasteiger charge is 2.19. The van der Waals surface area contributed by atoms with Crippen molar-refractivity contribution in [1.82, 2.24) is 0 Å². The highest BCUT2D eigenvalue weighted by atomic mass is 32.2. The number of nitrogens with two attached hydrogens (primary N) is 1. The van der Waals surface area contributed by atoms with E-state index in [4.69, 9.17) is 22.0 Å². The van der Waals surface area contributed by atoms with Gasteiger partial charge in [-0.25, -0.2) is 0 Å². The predicted octanol–water partition coefficient (Wildman–Crippen LogP) is 0.0222. The van der Waals surface area contributed by atoms with Gasteiger partial charge >= 0.3 is 0 Å². The molecule has 0 aromatic heterocycles. The molecular weight excluding hydrogens is 150 g/mol. The summed E-state index contributed by atoms with van der Waals surface area (Å²) in [5.74, 6) is 0.0194. The second-order valence-electron chi connectivity index (χ2n) is 1.65. The monoisotopic (exact) mass is 155 g/mol. The molecule has 0 unspecified atom stereocenters. The number of nitrogens with one attached hydrogen (secondary N) is 3. The molecule has 52 valence electrons. The molecule has 0 aliphatic carbocycles. The van der Waals surface area contributed by atoms with Gasteiger partial charge in [-0.1, -0.05) is 0 Å². The summed E-state index contributed by atoms with van der Waals surface area (Å²) < 4.78 is 3.56. The van der Waals surface area contributed by atoms with Crippen LogP contribution in [0.4, 0.5) is 0 Å². The van der Waals surface area contributed by atoms with E-state index < -0.39 is 0 Å². The summed E-state index contributed by atoms with van der Waals surface area (Å²) in [5, 5.41) is 21.2. The van der Waals surface area contributed by atoms with E-state index in [1.807, 2.05) is 0 Å². The minimum absolute atomic E-state index is 0.0194. The Labute approximate surface area is 61.4 Å². The van der Waals surface area contributed by atoms with Crippen molar-refractivity contribution in [3.05, 3.63) is 0 Å². The van der Waals surface area contributed by atoms with Crippen molar-refractivity contribution >= 4 is 34.3 Å². The molecule has 0 spiro atoms. The topological polar surface area (TPSA) is 110 Å². The van der Waals surface area contributed by atoms with E-state index >= 15 is 0 Å². The molecule has 6 heteroatoms. The van der Waals surface area contributed by atoms with Crippen molar-refractivity contribution in [2.24, 2.45) is 10.1 Å². The largest absolute Gasteiger partial charge is 0.381 e. The van der Waals surface area contributed by atoms with Gasteiger partial charge in [0.2, 0.25) is 0 Å². The van der Waals surface area contributed by atoms with Crippen LogP contribution >= 0.6 is 11.9 Å². The van der Waals surface area contributed by atoms with Gasteiger partial charge in [-0.05, 0) is 0 Å². The molecule has 5 nitrogen and oxygen atoms in total. The molecule has 1 aliphatic heterocycles. The standard InChI is InChI=1S/C4H5N5S/c5-1-2(6)4(8)10-9-3(1)7/h5-6,8H,(H2,7,9). The number of rotatable bonds is 0. The average molecular weight is 155 g/mol. The van der Waals surface area contributed by atoms with Crippen LogP contribution in [0, 0.1) is 16.2 Å². The molecule has 5 N–H and O–H groups in total. The van der Waals surface area contributed by atoms with Gasteiger partial charge in [0.1, 0.15) is 16.5 Å². The molecule has 0 saturated heterocycles. The maximum absolute atomic E-state index is 7.10. The van der Waals surface area contributed by atoms with E-state index in [1.54, 1.807) is 0 Å². The lowest BCUT2D eigenvalue weighted by Crippen LogP contribution is -2.35. The van der Waals surface area contributed by atoms with Gasteiger partial charge in [0.25, 0.3) is 0 Å². The summed E-state index contributed by atoms with van der Waals surface area (Å²) in [4.78, 5) is 0. The zero-order chi connectivity index (χ0) is 7.72. The summed E-state index contributed by atoms with van der Waals surface area (Å²) in [5.41, 5.74) is 4.88. The van der Waals surface area contributed by atoms with E-state index in [2.05, 4.69) is 4.40 Å². The first-order chi connectivity index (χ1) is 4.63. The van der Waals surface area contributed by atoms with Crippen molar-refractivity contribution < 1.29 is 0 Å². The van der Waals surface area contributed by atoms with Gasteiger partial charge in [-0.15, -0.1) is 0 Å². The van der Waals surface area contributed by atoms with Crippen LogP contribution in [-0.2, 0) is 0 Å². The van der Waals surface area contributed by atoms with Crippen molar-refractivity contribution in [1.29, 1.82) is 16.2 Å². The quantitative estimate of drug-likeness (QED) is 0.370. The van der Waals surface area contributed by atoms with Gasteiger partial charge in [0.05, 0.1) is 0 Å². The van der Waals surface area contributed by atoms with Gasteiger partial charge in [-0.3, -0.25) is 16.2 Å². The van der Waals surface area contributed by atoms with Crippen LogP contribution in [0.3, 0.4) is 0 Å². The fourth-order valence-corrected chi connectivity index (χ4v) is 0.902. The van der Waals surface area contributed by atoms with Gasteiger partial charge in [0.15, 0.2) is 5.84 Å². The molecule has 0 fully saturated rings. The summed E-state index contributed by atoms with van der Waals surface area (Å²) in [6, 6.07) is 0. The second kappa shape index (κ2) is 2.22. The lowest BCUT2D eigenvalue weighted by molar-refractivity contribution is 1.48. The molecule has 0 radical (unpaired) electrons. The van der Waals surface area contributed by atoms with Crippen LogP contribution in [0.15, 0.2) is 4.40 Å². The maximum atomic E-state index is 7.10. The van der Waals surface area contributed by atoms with E-state index in [-0.39, 0.29) is 22.3 Å². The normalized spacial score (nSPS) is 19.2. The third kappa shape index (κ3) is 0.926. The number of hydrogen-bond acceptors (Lipinski definition) is 6. The van der Waals surface area contributed by atoms with Crippen LogP contribution in [0.25, 0.3) is 0 Å². The Balaban J connectivity index is 3.03. The Bertz CT molecular complexity index is 252. The zero-order valence-electron chi connectivity index (χ0n) is 4.93. The first-order valence-corrected chi connectivity index (χ1v) is 3.17. The first kappa shape index (κ1) is 6.94. The molecule has 10 heavy (non-hydrogen) atoms. The van der Waals surface area contributed by atoms with E-state index in [9.17, 15) is 0 Å². The van der Waals surface area contributed by atoms with Crippen LogP contribution in [0.1, 0.15) is 0 Å². The summed E-state index contributed by atoms with van der Waals surface area (Å²) in [7, 11) is 0. The number of amidine groups is 1. The zero-order valence-corrected chi connectivity index (χ0v) is 5.75. The van der Waals surface area contributed by atoms with Crippen molar-refractivity contribution in [3.8, 4) is 0 Å². The minimum atomic E-state index is -0.163. The Kier molecular flexibility index (Phi) is 1.54. The molecule has 0 saturated carbocycles. The van der Waals surface area contributed by atoms with E-state index in [0.717, 1.165) is 11.9 Å². The molecule has 1 aliphatic rings. The molecular formula is C4H5N5S. The van der Waals surface area contributed by atoms with Gasteiger partial charge in [-0.2, -0.15) is 4.40 Å². The molecule has 0 aromatic carbocycles. The summed E-state index contributed by atoms with van der Waals surface area (Å²) in [6.45, 7) is 0. The van der Waals surface area contributed by atoms with Crippen molar-refractivity contribution in [3.63, 3.8) is 0 Å². The van der Waals surface area contributed by atoms with Crippen LogP contribution in [0.5, 0.6) is 0 Å². The molecule has 0 amide bonds. The number of hydrogen-bond donors (Lipinski definition) is 4. The highest BCUT2D eigenvalue weighted by Crippen LogP contribution is 2.10. The van der Waals surface area contributed by atoms with Crippen molar-refractivity contribution in [2.75, 3.05) is 0 Å². The molecule has 1 rings (SSSR count). The molecule has 0 bridgehead atoms. The molecule has 0 atom stereocenters. The Morgan fingerprint density at radius 3 is 2.30 bits per heavy atom. The van der Waals surface area contributed by atoms with Gasteiger partial charge < -0.3 is 5.73 Å². The third-order valence-electron chi connectivity index (χ3n) is 0.968. The Morgan fingerprint density at radius 1 is 1.20 bits per heavy atom. The summed E-state index contributed by atoms with van der Waals surface area (Å²) in [6.07, 6.45) is 0. The number of nitrogens with zero attached hydrogens (tertiary/aromatic N) is 1. The molecule has 1 heterocycles. The highest BCUT2D eigenvalue weighted by molar-refractivity contribution is 8.15.